The highest BCUT2D eigenvalue weighted by molar-refractivity contribution is 5.29. The number of likely N-dealkylation sites (N-methyl/N-ethyl adjacent to an activating group) is 1. The van der Waals surface area contributed by atoms with E-state index in [4.69, 9.17) is 15.6 Å². The molecule has 0 saturated heterocycles. The van der Waals surface area contributed by atoms with Crippen molar-refractivity contribution in [2.24, 2.45) is 5.73 Å². The molecule has 0 bridgehead atoms. The van der Waals surface area contributed by atoms with Crippen molar-refractivity contribution >= 4 is 0 Å². The summed E-state index contributed by atoms with van der Waals surface area (Å²) in [7, 11) is 1.65. The first-order valence-electron chi connectivity index (χ1n) is 6.38. The molecule has 1 aromatic carbocycles. The van der Waals surface area contributed by atoms with Gasteiger partial charge in [-0.1, -0.05) is 19.1 Å². The van der Waals surface area contributed by atoms with Crippen molar-refractivity contribution < 1.29 is 9.84 Å². The molecule has 1 aromatic rings. The highest BCUT2D eigenvalue weighted by Crippen LogP contribution is 2.25. The molecule has 0 aromatic heterocycles. The first-order chi connectivity index (χ1) is 8.63. The van der Waals surface area contributed by atoms with E-state index in [2.05, 4.69) is 11.8 Å². The number of methoxy groups -OCH3 is 1. The van der Waals surface area contributed by atoms with Crippen molar-refractivity contribution in [2.75, 3.05) is 26.8 Å². The highest BCUT2D eigenvalue weighted by atomic mass is 16.5. The van der Waals surface area contributed by atoms with Crippen LogP contribution < -0.4 is 10.5 Å². The quantitative estimate of drug-likeness (QED) is 0.770. The van der Waals surface area contributed by atoms with E-state index in [9.17, 15) is 0 Å². The van der Waals surface area contributed by atoms with Gasteiger partial charge in [0.25, 0.3) is 0 Å². The minimum Gasteiger partial charge on any atom is -0.497 e. The lowest BCUT2D eigenvalue weighted by atomic mass is 9.99. The van der Waals surface area contributed by atoms with Gasteiger partial charge in [-0.15, -0.1) is 0 Å². The number of nitrogens with zero attached hydrogens (tertiary/aromatic N) is 1. The van der Waals surface area contributed by atoms with Gasteiger partial charge >= 0.3 is 0 Å². The second-order valence-electron chi connectivity index (χ2n) is 4.43. The van der Waals surface area contributed by atoms with E-state index < -0.39 is 0 Å². The van der Waals surface area contributed by atoms with Crippen LogP contribution in [0.2, 0.25) is 0 Å². The third-order valence-electron chi connectivity index (χ3n) is 3.14. The predicted molar refractivity (Wildman–Crippen MR) is 73.7 cm³/mol. The molecule has 0 aliphatic carbocycles. The zero-order chi connectivity index (χ0) is 13.5. The van der Waals surface area contributed by atoms with Crippen molar-refractivity contribution in [2.45, 2.75) is 25.9 Å². The molecule has 18 heavy (non-hydrogen) atoms. The van der Waals surface area contributed by atoms with E-state index in [1.165, 1.54) is 0 Å². The lowest BCUT2D eigenvalue weighted by Crippen LogP contribution is -2.40. The number of ether oxygens (including phenoxy) is 1. The predicted octanol–water partition coefficient (Wildman–Crippen LogP) is 1.40. The van der Waals surface area contributed by atoms with Crippen molar-refractivity contribution in [3.05, 3.63) is 29.8 Å². The number of hydrogen-bond acceptors (Lipinski definition) is 4. The van der Waals surface area contributed by atoms with E-state index in [1.54, 1.807) is 7.11 Å². The number of aliphatic hydroxyl groups is 1. The van der Waals surface area contributed by atoms with Crippen LogP contribution in [-0.4, -0.2) is 42.9 Å². The molecule has 0 aliphatic heterocycles. The molecule has 3 N–H and O–H groups in total. The summed E-state index contributed by atoms with van der Waals surface area (Å²) in [6.45, 7) is 5.71. The molecule has 0 radical (unpaired) electrons. The molecule has 4 heteroatoms. The van der Waals surface area contributed by atoms with Gasteiger partial charge in [0.05, 0.1) is 13.7 Å². The van der Waals surface area contributed by atoms with Crippen LogP contribution in [0.25, 0.3) is 0 Å². The second kappa shape index (κ2) is 7.36. The number of rotatable bonds is 7. The molecular formula is C14H24N2O2. The second-order valence-corrected chi connectivity index (χ2v) is 4.43. The Balaban J connectivity index is 2.95. The Labute approximate surface area is 109 Å². The fraction of sp³-hybridized carbons (Fsp3) is 0.571. The average molecular weight is 252 g/mol. The highest BCUT2D eigenvalue weighted by Gasteiger charge is 2.22. The number of aliphatic hydroxyl groups excluding tert-OH is 1. The van der Waals surface area contributed by atoms with Crippen LogP contribution in [0, 0.1) is 0 Å². The average Bonchev–Trinajstić information content (AvgIpc) is 2.38. The normalized spacial score (nSPS) is 14.6. The number of hydrogen-bond donors (Lipinski definition) is 2. The van der Waals surface area contributed by atoms with Gasteiger partial charge in [0, 0.05) is 18.6 Å². The maximum Gasteiger partial charge on any atom is 0.118 e. The summed E-state index contributed by atoms with van der Waals surface area (Å²) in [6.07, 6.45) is 0. The van der Waals surface area contributed by atoms with E-state index in [0.29, 0.717) is 6.54 Å². The molecular weight excluding hydrogens is 228 g/mol. The third kappa shape index (κ3) is 3.70. The number of nitrogens with two attached hydrogens (primary N) is 1. The van der Waals surface area contributed by atoms with E-state index in [-0.39, 0.29) is 18.7 Å². The van der Waals surface area contributed by atoms with Crippen LogP contribution in [0.4, 0.5) is 0 Å². The molecule has 0 heterocycles. The summed E-state index contributed by atoms with van der Waals surface area (Å²) in [4.78, 5) is 2.19. The summed E-state index contributed by atoms with van der Waals surface area (Å²) in [5.41, 5.74) is 7.25. The van der Waals surface area contributed by atoms with Gasteiger partial charge in [0.15, 0.2) is 0 Å². The summed E-state index contributed by atoms with van der Waals surface area (Å²) >= 11 is 0. The van der Waals surface area contributed by atoms with Gasteiger partial charge in [-0.2, -0.15) is 0 Å². The molecule has 0 amide bonds. The molecule has 0 spiro atoms. The Kier molecular flexibility index (Phi) is 6.12. The Morgan fingerprint density at radius 1 is 1.33 bits per heavy atom. The smallest absolute Gasteiger partial charge is 0.118 e. The fourth-order valence-electron chi connectivity index (χ4n) is 2.27. The van der Waals surface area contributed by atoms with Crippen LogP contribution in [0.15, 0.2) is 24.3 Å². The van der Waals surface area contributed by atoms with E-state index >= 15 is 0 Å². The minimum atomic E-state index is 0.00453. The van der Waals surface area contributed by atoms with Crippen LogP contribution in [0.3, 0.4) is 0 Å². The lowest BCUT2D eigenvalue weighted by molar-refractivity contribution is 0.143. The topological polar surface area (TPSA) is 58.7 Å². The van der Waals surface area contributed by atoms with Gasteiger partial charge in [-0.25, -0.2) is 0 Å². The minimum absolute atomic E-state index is 0.00453. The molecule has 2 unspecified atom stereocenters. The summed E-state index contributed by atoms with van der Waals surface area (Å²) in [6, 6.07) is 8.08. The summed E-state index contributed by atoms with van der Waals surface area (Å²) in [5, 5.41) is 9.13. The van der Waals surface area contributed by atoms with Crippen molar-refractivity contribution in [1.29, 1.82) is 0 Å². The van der Waals surface area contributed by atoms with Gasteiger partial charge in [-0.05, 0) is 31.2 Å². The molecule has 4 nitrogen and oxygen atoms in total. The van der Waals surface area contributed by atoms with E-state index in [1.807, 2.05) is 31.2 Å². The SMILES string of the molecule is CCN(CCO)C(c1ccc(OC)cc1)C(C)N. The van der Waals surface area contributed by atoms with Crippen LogP contribution >= 0.6 is 0 Å². The maximum absolute atomic E-state index is 9.13. The Morgan fingerprint density at radius 3 is 2.33 bits per heavy atom. The van der Waals surface area contributed by atoms with Gasteiger partial charge in [-0.3, -0.25) is 4.90 Å². The zero-order valence-electron chi connectivity index (χ0n) is 11.5. The zero-order valence-corrected chi connectivity index (χ0v) is 11.5. The fourth-order valence-corrected chi connectivity index (χ4v) is 2.27. The largest absolute Gasteiger partial charge is 0.497 e. The van der Waals surface area contributed by atoms with Crippen LogP contribution in [0.5, 0.6) is 5.75 Å². The maximum atomic E-state index is 9.13. The summed E-state index contributed by atoms with van der Waals surface area (Å²) < 4.78 is 5.16. The lowest BCUT2D eigenvalue weighted by Gasteiger charge is -2.33. The Hall–Kier alpha value is -1.10. The van der Waals surface area contributed by atoms with Gasteiger partial charge in [0.2, 0.25) is 0 Å². The Morgan fingerprint density at radius 2 is 1.94 bits per heavy atom. The summed E-state index contributed by atoms with van der Waals surface area (Å²) in [5.74, 6) is 0.840. The monoisotopic (exact) mass is 252 g/mol. The van der Waals surface area contributed by atoms with E-state index in [0.717, 1.165) is 17.9 Å². The standard InChI is InChI=1S/C14H24N2O2/c1-4-16(9-10-17)14(11(2)15)12-5-7-13(18-3)8-6-12/h5-8,11,14,17H,4,9-10,15H2,1-3H3. The van der Waals surface area contributed by atoms with Crippen molar-refractivity contribution in [3.8, 4) is 5.75 Å². The first-order valence-corrected chi connectivity index (χ1v) is 6.38. The van der Waals surface area contributed by atoms with Crippen molar-refractivity contribution in [1.82, 2.24) is 4.90 Å². The molecule has 1 rings (SSSR count). The molecule has 102 valence electrons. The Bertz CT molecular complexity index is 338. The van der Waals surface area contributed by atoms with Crippen LogP contribution in [-0.2, 0) is 0 Å². The first kappa shape index (κ1) is 15.0. The third-order valence-corrected chi connectivity index (χ3v) is 3.14. The van der Waals surface area contributed by atoms with Crippen molar-refractivity contribution in [3.63, 3.8) is 0 Å². The molecule has 2 atom stereocenters. The van der Waals surface area contributed by atoms with Gasteiger partial charge < -0.3 is 15.6 Å². The number of benzene rings is 1. The van der Waals surface area contributed by atoms with Gasteiger partial charge in [0.1, 0.15) is 5.75 Å². The molecule has 0 aliphatic rings. The molecule has 0 fully saturated rings. The molecule has 0 saturated carbocycles. The van der Waals surface area contributed by atoms with Crippen LogP contribution in [0.1, 0.15) is 25.5 Å².